The van der Waals surface area contributed by atoms with Crippen molar-refractivity contribution >= 4 is 23.1 Å². The van der Waals surface area contributed by atoms with Gasteiger partial charge < -0.3 is 9.32 Å². The van der Waals surface area contributed by atoms with E-state index in [0.29, 0.717) is 6.54 Å². The zero-order valence-corrected chi connectivity index (χ0v) is 11.3. The predicted octanol–water partition coefficient (Wildman–Crippen LogP) is 3.23. The van der Waals surface area contributed by atoms with Crippen LogP contribution in [0.5, 0.6) is 0 Å². The Balaban J connectivity index is 1.83. The fourth-order valence-electron chi connectivity index (χ4n) is 2.47. The Labute approximate surface area is 118 Å². The summed E-state index contributed by atoms with van der Waals surface area (Å²) in [7, 11) is 0. The summed E-state index contributed by atoms with van der Waals surface area (Å²) in [5.41, 5.74) is 0. The van der Waals surface area contributed by atoms with E-state index in [0.717, 1.165) is 17.7 Å². The summed E-state index contributed by atoms with van der Waals surface area (Å²) in [4.78, 5) is 25.2. The molecule has 1 fully saturated rings. The van der Waals surface area contributed by atoms with Crippen molar-refractivity contribution in [3.63, 3.8) is 0 Å². The SMILES string of the molecule is O=C(c1ccc([N+](=O)[O-])o1)N1CCCC1c1cccs1. The third-order valence-electron chi connectivity index (χ3n) is 3.37. The minimum Gasteiger partial charge on any atom is -0.395 e. The van der Waals surface area contributed by atoms with Gasteiger partial charge in [-0.15, -0.1) is 11.3 Å². The number of furan rings is 1. The van der Waals surface area contributed by atoms with Gasteiger partial charge in [-0.1, -0.05) is 6.07 Å². The molecule has 3 rings (SSSR count). The lowest BCUT2D eigenvalue weighted by molar-refractivity contribution is -0.402. The summed E-state index contributed by atoms with van der Waals surface area (Å²) in [5, 5.41) is 12.6. The molecule has 1 amide bonds. The summed E-state index contributed by atoms with van der Waals surface area (Å²) in [5.74, 6) is -0.658. The van der Waals surface area contributed by atoms with Gasteiger partial charge in [0.05, 0.1) is 12.1 Å². The van der Waals surface area contributed by atoms with E-state index in [4.69, 9.17) is 4.42 Å². The Hall–Kier alpha value is -2.15. The van der Waals surface area contributed by atoms with E-state index in [1.807, 2.05) is 17.5 Å². The molecule has 0 aliphatic carbocycles. The Morgan fingerprint density at radius 3 is 2.95 bits per heavy atom. The highest BCUT2D eigenvalue weighted by atomic mass is 32.1. The molecule has 1 unspecified atom stereocenters. The van der Waals surface area contributed by atoms with E-state index in [9.17, 15) is 14.9 Å². The molecule has 0 radical (unpaired) electrons. The maximum absolute atomic E-state index is 12.4. The molecule has 104 valence electrons. The average Bonchev–Trinajstić information content (AvgIpc) is 3.17. The smallest absolute Gasteiger partial charge is 0.395 e. The molecule has 1 saturated heterocycles. The molecule has 2 aromatic heterocycles. The summed E-state index contributed by atoms with van der Waals surface area (Å²) in [6.45, 7) is 0.649. The molecule has 0 saturated carbocycles. The van der Waals surface area contributed by atoms with Gasteiger partial charge >= 0.3 is 5.88 Å². The summed E-state index contributed by atoms with van der Waals surface area (Å²) in [6.07, 6.45) is 1.84. The molecule has 1 atom stereocenters. The number of likely N-dealkylation sites (tertiary alicyclic amines) is 1. The number of hydrogen-bond donors (Lipinski definition) is 0. The molecule has 6 nitrogen and oxygen atoms in total. The Bertz CT molecular complexity index is 635. The number of carbonyl (C=O) groups is 1. The summed E-state index contributed by atoms with van der Waals surface area (Å²) in [6, 6.07) is 6.59. The van der Waals surface area contributed by atoms with Gasteiger partial charge in [0.1, 0.15) is 4.92 Å². The fraction of sp³-hybridized carbons (Fsp3) is 0.308. The monoisotopic (exact) mass is 292 g/mol. The molecular formula is C13H12N2O4S. The van der Waals surface area contributed by atoms with Gasteiger partial charge in [-0.25, -0.2) is 0 Å². The van der Waals surface area contributed by atoms with E-state index in [1.165, 1.54) is 12.1 Å². The van der Waals surface area contributed by atoms with Crippen molar-refractivity contribution < 1.29 is 14.1 Å². The molecule has 0 N–H and O–H groups in total. The second kappa shape index (κ2) is 5.09. The lowest BCUT2D eigenvalue weighted by Crippen LogP contribution is -2.29. The highest BCUT2D eigenvalue weighted by molar-refractivity contribution is 7.10. The Kier molecular flexibility index (Phi) is 3.27. The van der Waals surface area contributed by atoms with E-state index in [2.05, 4.69) is 0 Å². The van der Waals surface area contributed by atoms with Gasteiger partial charge in [-0.3, -0.25) is 14.9 Å². The van der Waals surface area contributed by atoms with Crippen molar-refractivity contribution in [2.24, 2.45) is 0 Å². The van der Waals surface area contributed by atoms with E-state index in [-0.39, 0.29) is 17.7 Å². The minimum absolute atomic E-state index is 0.0279. The number of hydrogen-bond acceptors (Lipinski definition) is 5. The minimum atomic E-state index is -0.641. The van der Waals surface area contributed by atoms with Crippen LogP contribution in [0, 0.1) is 10.1 Å². The molecular weight excluding hydrogens is 280 g/mol. The van der Waals surface area contributed by atoms with Crippen LogP contribution in [0.25, 0.3) is 0 Å². The first-order valence-electron chi connectivity index (χ1n) is 6.25. The first kappa shape index (κ1) is 12.9. The number of thiophene rings is 1. The van der Waals surface area contributed by atoms with Gasteiger partial charge in [0, 0.05) is 11.4 Å². The van der Waals surface area contributed by atoms with Crippen molar-refractivity contribution in [2.75, 3.05) is 6.54 Å². The van der Waals surface area contributed by atoms with E-state index >= 15 is 0 Å². The molecule has 0 aromatic carbocycles. The van der Waals surface area contributed by atoms with Crippen LogP contribution in [0.1, 0.15) is 34.3 Å². The third kappa shape index (κ3) is 2.20. The first-order valence-corrected chi connectivity index (χ1v) is 7.13. The van der Waals surface area contributed by atoms with Crippen LogP contribution >= 0.6 is 11.3 Å². The van der Waals surface area contributed by atoms with Crippen molar-refractivity contribution in [3.8, 4) is 0 Å². The Morgan fingerprint density at radius 2 is 2.30 bits per heavy atom. The number of nitro groups is 1. The Morgan fingerprint density at radius 1 is 1.45 bits per heavy atom. The number of amides is 1. The van der Waals surface area contributed by atoms with E-state index in [1.54, 1.807) is 16.2 Å². The second-order valence-electron chi connectivity index (χ2n) is 4.57. The number of nitrogens with zero attached hydrogens (tertiary/aromatic N) is 2. The molecule has 7 heteroatoms. The zero-order chi connectivity index (χ0) is 14.1. The molecule has 3 heterocycles. The highest BCUT2D eigenvalue weighted by Crippen LogP contribution is 2.35. The standard InChI is InChI=1S/C13H12N2O4S/c16-13(10-5-6-12(19-10)15(17)18)14-7-1-3-9(14)11-4-2-8-20-11/h2,4-6,8-9H,1,3,7H2. The van der Waals surface area contributed by atoms with Crippen molar-refractivity contribution in [1.29, 1.82) is 0 Å². The van der Waals surface area contributed by atoms with Crippen LogP contribution in [0.2, 0.25) is 0 Å². The predicted molar refractivity (Wildman–Crippen MR) is 72.7 cm³/mol. The van der Waals surface area contributed by atoms with Crippen molar-refractivity contribution in [1.82, 2.24) is 4.90 Å². The second-order valence-corrected chi connectivity index (χ2v) is 5.55. The number of rotatable bonds is 3. The topological polar surface area (TPSA) is 76.6 Å². The summed E-state index contributed by atoms with van der Waals surface area (Å²) < 4.78 is 5.00. The lowest BCUT2D eigenvalue weighted by Gasteiger charge is -2.22. The van der Waals surface area contributed by atoms with Gasteiger partial charge in [0.25, 0.3) is 5.91 Å². The van der Waals surface area contributed by atoms with Gasteiger partial charge in [0.2, 0.25) is 0 Å². The number of carbonyl (C=O) groups excluding carboxylic acids is 1. The van der Waals surface area contributed by atoms with Gasteiger partial charge in [-0.05, 0) is 30.4 Å². The molecule has 2 aromatic rings. The zero-order valence-electron chi connectivity index (χ0n) is 10.5. The van der Waals surface area contributed by atoms with Crippen LogP contribution in [0.3, 0.4) is 0 Å². The third-order valence-corrected chi connectivity index (χ3v) is 4.34. The van der Waals surface area contributed by atoms with Crippen molar-refractivity contribution in [3.05, 3.63) is 50.4 Å². The van der Waals surface area contributed by atoms with Crippen LogP contribution in [0.4, 0.5) is 5.88 Å². The quantitative estimate of drug-likeness (QED) is 0.643. The average molecular weight is 292 g/mol. The summed E-state index contributed by atoms with van der Waals surface area (Å²) >= 11 is 1.61. The van der Waals surface area contributed by atoms with Crippen LogP contribution < -0.4 is 0 Å². The lowest BCUT2D eigenvalue weighted by atomic mass is 10.2. The first-order chi connectivity index (χ1) is 9.66. The fourth-order valence-corrected chi connectivity index (χ4v) is 3.34. The molecule has 0 spiro atoms. The molecule has 0 bridgehead atoms. The van der Waals surface area contributed by atoms with Gasteiger partial charge in [0.15, 0.2) is 5.76 Å². The van der Waals surface area contributed by atoms with Crippen LogP contribution in [-0.2, 0) is 0 Å². The van der Waals surface area contributed by atoms with E-state index < -0.39 is 10.8 Å². The highest BCUT2D eigenvalue weighted by Gasteiger charge is 2.33. The van der Waals surface area contributed by atoms with Crippen molar-refractivity contribution in [2.45, 2.75) is 18.9 Å². The van der Waals surface area contributed by atoms with Crippen LogP contribution in [0.15, 0.2) is 34.1 Å². The normalized spacial score (nSPS) is 18.4. The van der Waals surface area contributed by atoms with Gasteiger partial charge in [-0.2, -0.15) is 0 Å². The molecule has 1 aliphatic heterocycles. The maximum atomic E-state index is 12.4. The molecule has 1 aliphatic rings. The molecule has 20 heavy (non-hydrogen) atoms. The largest absolute Gasteiger partial charge is 0.433 e. The maximum Gasteiger partial charge on any atom is 0.433 e. The van der Waals surface area contributed by atoms with Crippen LogP contribution in [-0.4, -0.2) is 22.3 Å².